The number of amides is 5. The molecule has 6 aromatic rings. The second kappa shape index (κ2) is 14.3. The number of nitrogens with one attached hydrogen (secondary N) is 2. The molecule has 3 saturated heterocycles. The lowest BCUT2D eigenvalue weighted by Crippen LogP contribution is -2.49. The molecule has 292 valence electrons. The minimum atomic E-state index is -0.387. The molecule has 3 aliphatic heterocycles. The van der Waals surface area contributed by atoms with Crippen LogP contribution in [0.25, 0.3) is 27.5 Å². The van der Waals surface area contributed by atoms with Crippen LogP contribution in [0.5, 0.6) is 5.75 Å². The van der Waals surface area contributed by atoms with Gasteiger partial charge < -0.3 is 19.5 Å². The Bertz CT molecular complexity index is 2540. The molecule has 4 fully saturated rings. The third-order valence-electron chi connectivity index (χ3n) is 11.8. The maximum absolute atomic E-state index is 13.6. The first-order valence-corrected chi connectivity index (χ1v) is 19.9. The maximum atomic E-state index is 13.6. The van der Waals surface area contributed by atoms with Gasteiger partial charge in [-0.2, -0.15) is 14.7 Å². The van der Waals surface area contributed by atoms with Crippen molar-refractivity contribution in [2.24, 2.45) is 0 Å². The number of hydrogen-bond acceptors (Lipinski definition) is 9. The summed E-state index contributed by atoms with van der Waals surface area (Å²) in [7, 11) is 0. The quantitative estimate of drug-likeness (QED) is 0.211. The minimum Gasteiger partial charge on any atom is -0.490 e. The molecule has 7 heterocycles. The Morgan fingerprint density at radius 2 is 1.74 bits per heavy atom. The smallest absolute Gasteiger partial charge is 0.328 e. The van der Waals surface area contributed by atoms with Crippen LogP contribution in [0.1, 0.15) is 67.4 Å². The van der Waals surface area contributed by atoms with Gasteiger partial charge in [-0.15, -0.1) is 0 Å². The number of benzene rings is 2. The van der Waals surface area contributed by atoms with Gasteiger partial charge in [0.2, 0.25) is 11.8 Å². The van der Waals surface area contributed by atoms with Crippen LogP contribution >= 0.6 is 0 Å². The largest absolute Gasteiger partial charge is 0.490 e. The van der Waals surface area contributed by atoms with E-state index in [2.05, 4.69) is 42.4 Å². The lowest BCUT2D eigenvalue weighted by Gasteiger charge is -2.36. The molecule has 2 aromatic carbocycles. The van der Waals surface area contributed by atoms with Crippen LogP contribution in [-0.4, -0.2) is 108 Å². The topological polar surface area (TPSA) is 164 Å². The Balaban J connectivity index is 0.753. The van der Waals surface area contributed by atoms with Gasteiger partial charge in [-0.25, -0.2) is 9.78 Å². The molecule has 1 aliphatic carbocycles. The van der Waals surface area contributed by atoms with Gasteiger partial charge in [0.1, 0.15) is 5.75 Å². The fourth-order valence-electron chi connectivity index (χ4n) is 8.54. The van der Waals surface area contributed by atoms with Crippen LogP contribution in [-0.2, 0) is 9.59 Å². The van der Waals surface area contributed by atoms with Gasteiger partial charge in [-0.1, -0.05) is 6.07 Å². The van der Waals surface area contributed by atoms with Crippen molar-refractivity contribution < 1.29 is 23.9 Å². The average Bonchev–Trinajstić information content (AvgIpc) is 3.58. The highest BCUT2D eigenvalue weighted by molar-refractivity contribution is 6.10. The first-order valence-electron chi connectivity index (χ1n) is 19.9. The summed E-state index contributed by atoms with van der Waals surface area (Å²) in [6, 6.07) is 15.4. The first kappa shape index (κ1) is 35.1. The van der Waals surface area contributed by atoms with Gasteiger partial charge in [0.05, 0.1) is 47.2 Å². The SMILES string of the molecule is O=C1CCN(c2cccc3c2ccn3C2CCN(C(=O)CN3CCC(n4cc5cc(C(=O)Nc6cnc7cccnn67)c(OC6CC6)cc5n4)CC3)CC2)C(=O)N1. The number of likely N-dealkylation sites (tertiary alicyclic amines) is 2. The molecule has 16 heteroatoms. The summed E-state index contributed by atoms with van der Waals surface area (Å²) in [4.78, 5) is 61.6. The van der Waals surface area contributed by atoms with Gasteiger partial charge in [-0.3, -0.25) is 34.2 Å². The van der Waals surface area contributed by atoms with Crippen LogP contribution in [0.2, 0.25) is 0 Å². The van der Waals surface area contributed by atoms with Gasteiger partial charge >= 0.3 is 6.03 Å². The Kier molecular flexibility index (Phi) is 8.84. The van der Waals surface area contributed by atoms with E-state index in [4.69, 9.17) is 9.84 Å². The van der Waals surface area contributed by atoms with Crippen LogP contribution in [0.4, 0.5) is 16.3 Å². The van der Waals surface area contributed by atoms with Crippen LogP contribution in [0.15, 0.2) is 73.3 Å². The second-order valence-corrected chi connectivity index (χ2v) is 15.5. The number of fused-ring (bicyclic) bond motifs is 3. The van der Waals surface area contributed by atoms with Crippen molar-refractivity contribution in [2.75, 3.05) is 49.5 Å². The highest BCUT2D eigenvalue weighted by Gasteiger charge is 2.31. The minimum absolute atomic E-state index is 0.104. The summed E-state index contributed by atoms with van der Waals surface area (Å²) in [6.07, 6.45) is 13.1. The van der Waals surface area contributed by atoms with E-state index in [0.29, 0.717) is 49.0 Å². The number of aromatic nitrogens is 6. The normalized spacial score (nSPS) is 18.8. The van der Waals surface area contributed by atoms with E-state index in [-0.39, 0.29) is 48.4 Å². The van der Waals surface area contributed by atoms with Gasteiger partial charge in [0, 0.05) is 80.6 Å². The van der Waals surface area contributed by atoms with Crippen molar-refractivity contribution in [3.05, 3.63) is 78.9 Å². The molecule has 5 amide bonds. The molecule has 4 aromatic heterocycles. The van der Waals surface area contributed by atoms with Gasteiger partial charge in [-0.05, 0) is 74.9 Å². The average molecular weight is 770 g/mol. The highest BCUT2D eigenvalue weighted by Crippen LogP contribution is 2.35. The van der Waals surface area contributed by atoms with E-state index >= 15 is 0 Å². The van der Waals surface area contributed by atoms with E-state index in [9.17, 15) is 19.2 Å². The number of hydrogen-bond donors (Lipinski definition) is 2. The molecule has 0 spiro atoms. The van der Waals surface area contributed by atoms with Crippen molar-refractivity contribution in [1.29, 1.82) is 0 Å². The summed E-state index contributed by atoms with van der Waals surface area (Å²) in [5.41, 5.74) is 3.71. The third-order valence-corrected chi connectivity index (χ3v) is 11.8. The van der Waals surface area contributed by atoms with Crippen molar-refractivity contribution in [1.82, 2.24) is 44.1 Å². The number of imidazole rings is 1. The summed E-state index contributed by atoms with van der Waals surface area (Å²) < 4.78 is 12.1. The van der Waals surface area contributed by atoms with Crippen LogP contribution in [0, 0.1) is 0 Å². The molecule has 0 atom stereocenters. The van der Waals surface area contributed by atoms with E-state index in [1.807, 2.05) is 52.2 Å². The summed E-state index contributed by atoms with van der Waals surface area (Å²) in [6.45, 7) is 3.73. The summed E-state index contributed by atoms with van der Waals surface area (Å²) in [5.74, 6) is 0.613. The van der Waals surface area contributed by atoms with Crippen molar-refractivity contribution >= 4 is 62.7 Å². The van der Waals surface area contributed by atoms with Gasteiger partial charge in [0.25, 0.3) is 5.91 Å². The Hall–Kier alpha value is -6.29. The number of nitrogens with zero attached hydrogens (tertiary/aromatic N) is 9. The molecular formula is C41H43N11O5. The summed E-state index contributed by atoms with van der Waals surface area (Å²) >= 11 is 0. The number of piperidine rings is 2. The number of imide groups is 1. The Labute approximate surface area is 327 Å². The highest BCUT2D eigenvalue weighted by atomic mass is 16.5. The molecule has 16 nitrogen and oxygen atoms in total. The Morgan fingerprint density at radius 3 is 2.54 bits per heavy atom. The number of carbonyl (C=O) groups excluding carboxylic acids is 4. The lowest BCUT2D eigenvalue weighted by molar-refractivity contribution is -0.134. The van der Waals surface area contributed by atoms with Crippen LogP contribution in [0.3, 0.4) is 0 Å². The molecule has 0 unspecified atom stereocenters. The number of anilines is 2. The fraction of sp³-hybridized carbons (Fsp3) is 0.390. The Morgan fingerprint density at radius 1 is 0.912 bits per heavy atom. The standard InChI is InChI=1S/C41H43N11O5/c53-38-13-20-50(41(56)45-38)34-4-1-3-33-30(34)12-19-49(33)27-10-17-48(18-11-27)39(54)25-47-15-8-28(9-16-47)51-24-26-21-31(35(22-32(26)46-51)57-29-6-7-29)40(55)44-37-23-42-36-5-2-14-43-52(36)37/h1-5,12,14,19,21-24,27-29H,6-11,13,15-18,20,25H2,(H,44,55)(H,45,53,56). The van der Waals surface area contributed by atoms with Gasteiger partial charge in [0.15, 0.2) is 11.5 Å². The van der Waals surface area contributed by atoms with Crippen molar-refractivity contribution in [2.45, 2.75) is 63.1 Å². The molecule has 10 rings (SSSR count). The van der Waals surface area contributed by atoms with Crippen molar-refractivity contribution in [3.8, 4) is 5.75 Å². The molecule has 57 heavy (non-hydrogen) atoms. The molecular weight excluding hydrogens is 727 g/mol. The predicted molar refractivity (Wildman–Crippen MR) is 211 cm³/mol. The summed E-state index contributed by atoms with van der Waals surface area (Å²) in [5, 5.41) is 16.5. The molecule has 0 bridgehead atoms. The van der Waals surface area contributed by atoms with Crippen molar-refractivity contribution in [3.63, 3.8) is 0 Å². The molecule has 1 saturated carbocycles. The van der Waals surface area contributed by atoms with E-state index in [1.165, 1.54) is 0 Å². The van der Waals surface area contributed by atoms with E-state index < -0.39 is 0 Å². The molecule has 4 aliphatic rings. The molecule has 2 N–H and O–H groups in total. The zero-order valence-corrected chi connectivity index (χ0v) is 31.4. The zero-order valence-electron chi connectivity index (χ0n) is 31.4. The monoisotopic (exact) mass is 769 g/mol. The number of carbonyl (C=O) groups is 4. The molecule has 0 radical (unpaired) electrons. The number of urea groups is 1. The lowest BCUT2D eigenvalue weighted by atomic mass is 10.0. The predicted octanol–water partition coefficient (Wildman–Crippen LogP) is 4.77. The first-order chi connectivity index (χ1) is 27.8. The maximum Gasteiger partial charge on any atom is 0.328 e. The second-order valence-electron chi connectivity index (χ2n) is 15.5. The number of ether oxygens (including phenoxy) is 1. The fourth-order valence-corrected chi connectivity index (χ4v) is 8.54. The third kappa shape index (κ3) is 6.83. The number of rotatable bonds is 9. The van der Waals surface area contributed by atoms with E-state index in [0.717, 1.165) is 79.1 Å². The van der Waals surface area contributed by atoms with Crippen LogP contribution < -0.4 is 20.3 Å². The zero-order chi connectivity index (χ0) is 38.6. The van der Waals surface area contributed by atoms with E-state index in [1.54, 1.807) is 27.9 Å².